The lowest BCUT2D eigenvalue weighted by Crippen LogP contribution is -2.30. The van der Waals surface area contributed by atoms with E-state index in [4.69, 9.17) is 0 Å². The van der Waals surface area contributed by atoms with Crippen molar-refractivity contribution in [3.8, 4) is 0 Å². The zero-order valence-electron chi connectivity index (χ0n) is 9.13. The number of aromatic nitrogens is 1. The second-order valence-corrected chi connectivity index (χ2v) is 4.19. The number of likely N-dealkylation sites (N-methyl/N-ethyl adjacent to an activating group) is 1. The van der Waals surface area contributed by atoms with Crippen molar-refractivity contribution in [2.45, 2.75) is 6.04 Å². The van der Waals surface area contributed by atoms with E-state index < -0.39 is 0 Å². The van der Waals surface area contributed by atoms with Crippen LogP contribution in [0.5, 0.6) is 0 Å². The van der Waals surface area contributed by atoms with Crippen molar-refractivity contribution in [3.05, 3.63) is 36.2 Å². The molecule has 0 radical (unpaired) electrons. The Hall–Kier alpha value is -1.84. The number of hydrogen-bond donors (Lipinski definition) is 0. The fraction of sp³-hybridized carbons (Fsp3) is 0.333. The molecule has 4 heteroatoms. The largest absolute Gasteiger partial charge is 0.320 e. The lowest BCUT2D eigenvalue weighted by atomic mass is 10.00. The predicted molar refractivity (Wildman–Crippen MR) is 60.7 cm³/mol. The molecule has 4 nitrogen and oxygen atoms in total. The minimum Gasteiger partial charge on any atom is -0.319 e. The number of carbonyl (C=O) groups excluding carboxylic acids is 1. The molecule has 1 unspecified atom stereocenters. The number of rotatable bonds is 1. The third-order valence-corrected chi connectivity index (χ3v) is 3.28. The third-order valence-electron chi connectivity index (χ3n) is 3.28. The minimum atomic E-state index is 0.118. The van der Waals surface area contributed by atoms with Crippen LogP contribution in [0.15, 0.2) is 30.5 Å². The quantitative estimate of drug-likeness (QED) is 0.706. The summed E-state index contributed by atoms with van der Waals surface area (Å²) >= 11 is 0. The number of carbonyl (C=O) groups is 1. The molecule has 1 fully saturated rings. The molecule has 1 atom stereocenters. The summed E-state index contributed by atoms with van der Waals surface area (Å²) in [6, 6.07) is 6.16. The van der Waals surface area contributed by atoms with Gasteiger partial charge in [-0.25, -0.2) is 4.79 Å². The molecule has 0 spiro atoms. The first-order chi connectivity index (χ1) is 7.77. The Labute approximate surface area is 94.2 Å². The Kier molecular flexibility index (Phi) is 1.96. The summed E-state index contributed by atoms with van der Waals surface area (Å²) in [7, 11) is 1.86. The van der Waals surface area contributed by atoms with Crippen LogP contribution in [0.3, 0.4) is 0 Å². The maximum Gasteiger partial charge on any atom is 0.320 e. The Morgan fingerprint density at radius 3 is 3.06 bits per heavy atom. The standard InChI is InChI=1S/C12H13N3O/c1-14-11-8-15(12(14)16)7-5-9(11)10-4-2-3-6-13-10/h2-6,11H,7-8H2,1H3. The van der Waals surface area contributed by atoms with Gasteiger partial charge in [0.25, 0.3) is 0 Å². The van der Waals surface area contributed by atoms with Gasteiger partial charge in [-0.1, -0.05) is 12.1 Å². The molecule has 1 saturated heterocycles. The maximum absolute atomic E-state index is 11.8. The van der Waals surface area contributed by atoms with Crippen LogP contribution in [0.2, 0.25) is 0 Å². The second kappa shape index (κ2) is 3.33. The van der Waals surface area contributed by atoms with Gasteiger partial charge in [-0.2, -0.15) is 0 Å². The van der Waals surface area contributed by atoms with Gasteiger partial charge in [0.15, 0.2) is 0 Å². The highest BCUT2D eigenvalue weighted by Gasteiger charge is 2.39. The van der Waals surface area contributed by atoms with Crippen molar-refractivity contribution in [3.63, 3.8) is 0 Å². The molecular weight excluding hydrogens is 202 g/mol. The molecule has 2 bridgehead atoms. The first-order valence-corrected chi connectivity index (χ1v) is 5.40. The smallest absolute Gasteiger partial charge is 0.319 e. The van der Waals surface area contributed by atoms with Crippen molar-refractivity contribution >= 4 is 11.6 Å². The molecule has 0 aliphatic carbocycles. The van der Waals surface area contributed by atoms with Gasteiger partial charge in [0.05, 0.1) is 11.7 Å². The monoisotopic (exact) mass is 215 g/mol. The van der Waals surface area contributed by atoms with Gasteiger partial charge in [0.1, 0.15) is 0 Å². The summed E-state index contributed by atoms with van der Waals surface area (Å²) in [5.41, 5.74) is 2.15. The van der Waals surface area contributed by atoms with Crippen LogP contribution in [0.25, 0.3) is 5.57 Å². The lowest BCUT2D eigenvalue weighted by molar-refractivity contribution is 0.202. The van der Waals surface area contributed by atoms with E-state index in [2.05, 4.69) is 11.1 Å². The van der Waals surface area contributed by atoms with E-state index in [1.807, 2.05) is 30.1 Å². The van der Waals surface area contributed by atoms with Crippen LogP contribution in [0.4, 0.5) is 4.79 Å². The molecular formula is C12H13N3O. The van der Waals surface area contributed by atoms with Crippen LogP contribution >= 0.6 is 0 Å². The van der Waals surface area contributed by atoms with Gasteiger partial charge >= 0.3 is 6.03 Å². The van der Waals surface area contributed by atoms with Crippen molar-refractivity contribution in [1.29, 1.82) is 0 Å². The van der Waals surface area contributed by atoms with Crippen LogP contribution in [0, 0.1) is 0 Å². The molecule has 0 N–H and O–H groups in total. The minimum absolute atomic E-state index is 0.118. The topological polar surface area (TPSA) is 36.4 Å². The molecule has 82 valence electrons. The summed E-state index contributed by atoms with van der Waals surface area (Å²) < 4.78 is 0. The summed E-state index contributed by atoms with van der Waals surface area (Å²) in [5.74, 6) is 0. The molecule has 0 saturated carbocycles. The Morgan fingerprint density at radius 2 is 2.31 bits per heavy atom. The number of pyridine rings is 1. The number of fused-ring (bicyclic) bond motifs is 2. The maximum atomic E-state index is 11.8. The second-order valence-electron chi connectivity index (χ2n) is 4.19. The summed E-state index contributed by atoms with van der Waals surface area (Å²) in [5, 5.41) is 0. The van der Waals surface area contributed by atoms with E-state index in [-0.39, 0.29) is 12.1 Å². The van der Waals surface area contributed by atoms with E-state index in [0.29, 0.717) is 6.54 Å². The van der Waals surface area contributed by atoms with Crippen molar-refractivity contribution in [1.82, 2.24) is 14.8 Å². The SMILES string of the molecule is CN1C(=O)N2CC=C(c3ccccn3)C1C2. The fourth-order valence-corrected chi connectivity index (χ4v) is 2.38. The van der Waals surface area contributed by atoms with E-state index >= 15 is 0 Å². The number of nitrogens with zero attached hydrogens (tertiary/aromatic N) is 3. The molecule has 1 aromatic heterocycles. The molecule has 1 aromatic rings. The zero-order chi connectivity index (χ0) is 11.1. The molecule has 3 heterocycles. The molecule has 2 aliphatic rings. The summed E-state index contributed by atoms with van der Waals surface area (Å²) in [6.45, 7) is 1.49. The van der Waals surface area contributed by atoms with E-state index in [0.717, 1.165) is 12.2 Å². The van der Waals surface area contributed by atoms with Gasteiger partial charge < -0.3 is 9.80 Å². The number of hydrogen-bond acceptors (Lipinski definition) is 2. The highest BCUT2D eigenvalue weighted by Crippen LogP contribution is 2.30. The number of urea groups is 1. The third kappa shape index (κ3) is 1.23. The summed E-state index contributed by atoms with van der Waals surface area (Å²) in [6.07, 6.45) is 3.90. The lowest BCUT2D eigenvalue weighted by Gasteiger charge is -2.22. The summed E-state index contributed by atoms with van der Waals surface area (Å²) in [4.78, 5) is 19.8. The molecule has 16 heavy (non-hydrogen) atoms. The van der Waals surface area contributed by atoms with Crippen molar-refractivity contribution in [2.24, 2.45) is 0 Å². The van der Waals surface area contributed by atoms with E-state index in [9.17, 15) is 4.79 Å². The van der Waals surface area contributed by atoms with E-state index in [1.54, 1.807) is 11.1 Å². The van der Waals surface area contributed by atoms with Gasteiger partial charge in [-0.05, 0) is 17.7 Å². The van der Waals surface area contributed by atoms with Crippen LogP contribution < -0.4 is 0 Å². The van der Waals surface area contributed by atoms with Gasteiger partial charge in [0, 0.05) is 26.3 Å². The average Bonchev–Trinajstić information content (AvgIpc) is 2.56. The van der Waals surface area contributed by atoms with Crippen LogP contribution in [-0.4, -0.2) is 47.0 Å². The Bertz CT molecular complexity index is 455. The zero-order valence-corrected chi connectivity index (χ0v) is 9.13. The van der Waals surface area contributed by atoms with Crippen LogP contribution in [-0.2, 0) is 0 Å². The number of amides is 2. The van der Waals surface area contributed by atoms with Crippen molar-refractivity contribution < 1.29 is 4.79 Å². The van der Waals surface area contributed by atoms with Gasteiger partial charge in [-0.3, -0.25) is 4.98 Å². The molecule has 2 amide bonds. The van der Waals surface area contributed by atoms with Gasteiger partial charge in [0.2, 0.25) is 0 Å². The Morgan fingerprint density at radius 1 is 1.44 bits per heavy atom. The molecule has 0 aromatic carbocycles. The Balaban J connectivity index is 1.99. The normalized spacial score (nSPS) is 23.7. The van der Waals surface area contributed by atoms with Crippen molar-refractivity contribution in [2.75, 3.05) is 20.1 Å². The first-order valence-electron chi connectivity index (χ1n) is 5.40. The molecule has 2 aliphatic heterocycles. The highest BCUT2D eigenvalue weighted by atomic mass is 16.2. The fourth-order valence-electron chi connectivity index (χ4n) is 2.38. The van der Waals surface area contributed by atoms with E-state index in [1.165, 1.54) is 5.57 Å². The molecule has 3 rings (SSSR count). The first kappa shape index (κ1) is 9.39. The highest BCUT2D eigenvalue weighted by molar-refractivity contribution is 5.84. The predicted octanol–water partition coefficient (Wildman–Crippen LogP) is 1.21. The van der Waals surface area contributed by atoms with Gasteiger partial charge in [-0.15, -0.1) is 0 Å². The average molecular weight is 215 g/mol. The van der Waals surface area contributed by atoms with Crippen LogP contribution in [0.1, 0.15) is 5.69 Å².